The molecular weight excluding hydrogens is 202 g/mol. The fourth-order valence-corrected chi connectivity index (χ4v) is 2.11. The van der Waals surface area contributed by atoms with Gasteiger partial charge in [0.15, 0.2) is 0 Å². The smallest absolute Gasteiger partial charge is 0.0679 e. The van der Waals surface area contributed by atoms with E-state index in [1.54, 1.807) is 0 Å². The summed E-state index contributed by atoms with van der Waals surface area (Å²) in [5, 5.41) is 13.0. The van der Waals surface area contributed by atoms with Crippen molar-refractivity contribution in [3.8, 4) is 0 Å². The van der Waals surface area contributed by atoms with Crippen molar-refractivity contribution in [1.29, 1.82) is 0 Å². The van der Waals surface area contributed by atoms with Crippen molar-refractivity contribution in [3.63, 3.8) is 0 Å². The third kappa shape index (κ3) is 4.04. The number of aliphatic hydroxyl groups is 1. The van der Waals surface area contributed by atoms with Gasteiger partial charge in [0.05, 0.1) is 18.8 Å². The van der Waals surface area contributed by atoms with Crippen molar-refractivity contribution in [3.05, 3.63) is 0 Å². The molecule has 0 radical (unpaired) electrons. The van der Waals surface area contributed by atoms with E-state index in [0.29, 0.717) is 18.4 Å². The number of hydrogen-bond acceptors (Lipinski definition) is 3. The van der Waals surface area contributed by atoms with Crippen molar-refractivity contribution in [2.75, 3.05) is 26.4 Å². The number of rotatable bonds is 9. The number of hydrogen-bond donors (Lipinski definition) is 2. The van der Waals surface area contributed by atoms with Gasteiger partial charge in [0.25, 0.3) is 0 Å². The van der Waals surface area contributed by atoms with Crippen LogP contribution >= 0.6 is 0 Å². The molecule has 96 valence electrons. The Bertz CT molecular complexity index is 192. The highest BCUT2D eigenvalue weighted by Crippen LogP contribution is 2.39. The van der Waals surface area contributed by atoms with E-state index in [1.807, 2.05) is 0 Å². The maximum Gasteiger partial charge on any atom is 0.0679 e. The molecule has 16 heavy (non-hydrogen) atoms. The minimum absolute atomic E-state index is 0.175. The second-order valence-electron chi connectivity index (χ2n) is 5.35. The molecule has 0 amide bonds. The predicted molar refractivity (Wildman–Crippen MR) is 66.5 cm³/mol. The number of ether oxygens (including phenoxy) is 1. The first-order chi connectivity index (χ1) is 7.64. The summed E-state index contributed by atoms with van der Waals surface area (Å²) in [4.78, 5) is 0. The molecule has 1 aliphatic carbocycles. The molecule has 1 atom stereocenters. The Morgan fingerprint density at radius 1 is 1.44 bits per heavy atom. The second kappa shape index (κ2) is 6.58. The maximum absolute atomic E-state index is 9.58. The Kier molecular flexibility index (Phi) is 5.73. The molecule has 0 heterocycles. The van der Waals surface area contributed by atoms with Crippen LogP contribution in [-0.4, -0.2) is 37.0 Å². The Morgan fingerprint density at radius 2 is 2.12 bits per heavy atom. The van der Waals surface area contributed by atoms with Crippen LogP contribution in [0, 0.1) is 11.8 Å². The maximum atomic E-state index is 9.58. The lowest BCUT2D eigenvalue weighted by Gasteiger charge is -2.33. The molecule has 1 rings (SSSR count). The van der Waals surface area contributed by atoms with Crippen molar-refractivity contribution in [1.82, 2.24) is 5.32 Å². The zero-order chi connectivity index (χ0) is 12.0. The molecule has 1 unspecified atom stereocenters. The molecule has 0 aromatic heterocycles. The van der Waals surface area contributed by atoms with E-state index >= 15 is 0 Å². The van der Waals surface area contributed by atoms with Crippen molar-refractivity contribution in [2.24, 2.45) is 11.8 Å². The van der Waals surface area contributed by atoms with E-state index in [-0.39, 0.29) is 12.1 Å². The number of likely N-dealkylation sites (N-methyl/N-ethyl adjacent to an activating group) is 1. The minimum Gasteiger partial charge on any atom is -0.394 e. The molecule has 0 bridgehead atoms. The molecule has 3 nitrogen and oxygen atoms in total. The Labute approximate surface area is 99.6 Å². The molecule has 0 aromatic carbocycles. The molecule has 0 aliphatic heterocycles. The van der Waals surface area contributed by atoms with Gasteiger partial charge in [-0.15, -0.1) is 0 Å². The highest BCUT2D eigenvalue weighted by Gasteiger charge is 2.44. The molecule has 2 N–H and O–H groups in total. The monoisotopic (exact) mass is 229 g/mol. The van der Waals surface area contributed by atoms with E-state index in [2.05, 4.69) is 26.1 Å². The SMILES string of the molecule is CCNC(CO)(COCCC(C)C)C1CC1. The largest absolute Gasteiger partial charge is 0.394 e. The molecule has 1 saturated carbocycles. The molecule has 1 aliphatic rings. The van der Waals surface area contributed by atoms with Crippen LogP contribution < -0.4 is 5.32 Å². The summed E-state index contributed by atoms with van der Waals surface area (Å²) in [6.07, 6.45) is 3.54. The molecule has 1 fully saturated rings. The average Bonchev–Trinajstić information content (AvgIpc) is 3.06. The summed E-state index contributed by atoms with van der Waals surface area (Å²) in [6.45, 7) is 9.02. The third-order valence-corrected chi connectivity index (χ3v) is 3.37. The van der Waals surface area contributed by atoms with E-state index in [1.165, 1.54) is 12.8 Å². The van der Waals surface area contributed by atoms with E-state index in [9.17, 15) is 5.11 Å². The molecule has 0 saturated heterocycles. The highest BCUT2D eigenvalue weighted by atomic mass is 16.5. The third-order valence-electron chi connectivity index (χ3n) is 3.37. The summed E-state index contributed by atoms with van der Waals surface area (Å²) >= 11 is 0. The minimum atomic E-state index is -0.175. The van der Waals surface area contributed by atoms with Gasteiger partial charge in [0.1, 0.15) is 0 Å². The Hall–Kier alpha value is -0.120. The van der Waals surface area contributed by atoms with Crippen molar-refractivity contribution >= 4 is 0 Å². The first-order valence-electron chi connectivity index (χ1n) is 6.58. The van der Waals surface area contributed by atoms with Crippen LogP contribution in [0.1, 0.15) is 40.0 Å². The van der Waals surface area contributed by atoms with Crippen LogP contribution in [0.5, 0.6) is 0 Å². The van der Waals surface area contributed by atoms with Gasteiger partial charge >= 0.3 is 0 Å². The van der Waals surface area contributed by atoms with E-state index < -0.39 is 0 Å². The summed E-state index contributed by atoms with van der Waals surface area (Å²) in [7, 11) is 0. The highest BCUT2D eigenvalue weighted by molar-refractivity contribution is 5.00. The topological polar surface area (TPSA) is 41.5 Å². The van der Waals surface area contributed by atoms with Crippen LogP contribution in [-0.2, 0) is 4.74 Å². The molecule has 3 heteroatoms. The summed E-state index contributed by atoms with van der Waals surface area (Å²) in [5.41, 5.74) is -0.175. The zero-order valence-corrected chi connectivity index (χ0v) is 11.0. The normalized spacial score (nSPS) is 20.1. The summed E-state index contributed by atoms with van der Waals surface area (Å²) in [6, 6.07) is 0. The molecule has 0 aromatic rings. The van der Waals surface area contributed by atoms with Crippen molar-refractivity contribution < 1.29 is 9.84 Å². The van der Waals surface area contributed by atoms with Crippen LogP contribution in [0.15, 0.2) is 0 Å². The fraction of sp³-hybridized carbons (Fsp3) is 1.00. The van der Waals surface area contributed by atoms with Crippen LogP contribution in [0.25, 0.3) is 0 Å². The van der Waals surface area contributed by atoms with Gasteiger partial charge in [-0.25, -0.2) is 0 Å². The lowest BCUT2D eigenvalue weighted by atomic mass is 9.95. The first kappa shape index (κ1) is 13.9. The average molecular weight is 229 g/mol. The van der Waals surface area contributed by atoms with Gasteiger partial charge in [-0.3, -0.25) is 0 Å². The van der Waals surface area contributed by atoms with Crippen LogP contribution in [0.3, 0.4) is 0 Å². The van der Waals surface area contributed by atoms with Gasteiger partial charge in [-0.2, -0.15) is 0 Å². The van der Waals surface area contributed by atoms with E-state index in [4.69, 9.17) is 4.74 Å². The zero-order valence-electron chi connectivity index (χ0n) is 11.0. The van der Waals surface area contributed by atoms with Gasteiger partial charge in [-0.05, 0) is 37.6 Å². The Balaban J connectivity index is 2.31. The van der Waals surface area contributed by atoms with E-state index in [0.717, 1.165) is 19.6 Å². The van der Waals surface area contributed by atoms with Gasteiger partial charge < -0.3 is 15.2 Å². The standard InChI is InChI=1S/C13H27NO2/c1-4-14-13(9-15,12-5-6-12)10-16-8-7-11(2)3/h11-12,14-15H,4-10H2,1-3H3. The first-order valence-corrected chi connectivity index (χ1v) is 6.58. The molecular formula is C13H27NO2. The lowest BCUT2D eigenvalue weighted by Crippen LogP contribution is -2.54. The number of nitrogens with one attached hydrogen (secondary N) is 1. The lowest BCUT2D eigenvalue weighted by molar-refractivity contribution is 0.0210. The number of aliphatic hydroxyl groups excluding tert-OH is 1. The quantitative estimate of drug-likeness (QED) is 0.592. The van der Waals surface area contributed by atoms with Gasteiger partial charge in [0, 0.05) is 6.61 Å². The van der Waals surface area contributed by atoms with Crippen molar-refractivity contribution in [2.45, 2.75) is 45.6 Å². The van der Waals surface area contributed by atoms with Crippen LogP contribution in [0.4, 0.5) is 0 Å². The van der Waals surface area contributed by atoms with Gasteiger partial charge in [0.2, 0.25) is 0 Å². The Morgan fingerprint density at radius 3 is 2.56 bits per heavy atom. The molecule has 0 spiro atoms. The second-order valence-corrected chi connectivity index (χ2v) is 5.35. The summed E-state index contributed by atoms with van der Waals surface area (Å²) < 4.78 is 5.73. The fourth-order valence-electron chi connectivity index (χ4n) is 2.11. The predicted octanol–water partition coefficient (Wildman–Crippen LogP) is 1.80. The van der Waals surface area contributed by atoms with Crippen LogP contribution in [0.2, 0.25) is 0 Å². The van der Waals surface area contributed by atoms with Gasteiger partial charge in [-0.1, -0.05) is 20.8 Å². The summed E-state index contributed by atoms with van der Waals surface area (Å²) in [5.74, 6) is 1.29.